The molecule has 0 fully saturated rings. The van der Waals surface area contributed by atoms with Crippen LogP contribution in [0.2, 0.25) is 10.0 Å². The zero-order valence-corrected chi connectivity index (χ0v) is 13.1. The summed E-state index contributed by atoms with van der Waals surface area (Å²) in [5.74, 6) is -0.662. The largest absolute Gasteiger partial charge is 0.316 e. The predicted octanol–water partition coefficient (Wildman–Crippen LogP) is 2.38. The third-order valence-electron chi connectivity index (χ3n) is 2.56. The van der Waals surface area contributed by atoms with Gasteiger partial charge in [0.2, 0.25) is 0 Å². The predicted molar refractivity (Wildman–Crippen MR) is 78.6 cm³/mol. The summed E-state index contributed by atoms with van der Waals surface area (Å²) in [4.78, 5) is 0. The van der Waals surface area contributed by atoms with Crippen LogP contribution in [0, 0.1) is 5.82 Å². The first-order chi connectivity index (χ1) is 9.85. The number of anilines is 1. The van der Waals surface area contributed by atoms with Crippen LogP contribution in [-0.2, 0) is 16.6 Å². The Bertz CT molecular complexity index is 740. The highest BCUT2D eigenvalue weighted by molar-refractivity contribution is 7.92. The standard InChI is InChI=1S/C11H11Cl2FN4O2S/c1-15-4-6-5-16-17-11(6)21(19,20)18-10-8(12)2-7(14)3-9(10)13/h2-3,5,15,18H,4H2,1H3,(H,16,17). The van der Waals surface area contributed by atoms with Gasteiger partial charge >= 0.3 is 0 Å². The number of hydrogen-bond donors (Lipinski definition) is 3. The molecule has 1 heterocycles. The van der Waals surface area contributed by atoms with Crippen molar-refractivity contribution in [1.82, 2.24) is 15.5 Å². The highest BCUT2D eigenvalue weighted by Gasteiger charge is 2.23. The highest BCUT2D eigenvalue weighted by Crippen LogP contribution is 2.33. The monoisotopic (exact) mass is 352 g/mol. The number of rotatable bonds is 5. The lowest BCUT2D eigenvalue weighted by atomic mass is 10.3. The summed E-state index contributed by atoms with van der Waals surface area (Å²) in [6.07, 6.45) is 1.39. The average molecular weight is 353 g/mol. The van der Waals surface area contributed by atoms with Crippen molar-refractivity contribution < 1.29 is 12.8 Å². The second kappa shape index (κ2) is 6.18. The summed E-state index contributed by atoms with van der Waals surface area (Å²) in [6, 6.07) is 1.93. The minimum absolute atomic E-state index is 0.0928. The molecule has 2 rings (SSSR count). The SMILES string of the molecule is CNCc1cn[nH]c1S(=O)(=O)Nc1c(Cl)cc(F)cc1Cl. The van der Waals surface area contributed by atoms with E-state index in [0.717, 1.165) is 12.1 Å². The molecular weight excluding hydrogens is 342 g/mol. The topological polar surface area (TPSA) is 86.9 Å². The minimum atomic E-state index is -3.98. The third kappa shape index (κ3) is 3.46. The Balaban J connectivity index is 2.40. The van der Waals surface area contributed by atoms with E-state index < -0.39 is 15.8 Å². The van der Waals surface area contributed by atoms with Crippen LogP contribution in [0.15, 0.2) is 23.4 Å². The number of benzene rings is 1. The van der Waals surface area contributed by atoms with Crippen molar-refractivity contribution in [2.75, 3.05) is 11.8 Å². The van der Waals surface area contributed by atoms with Crippen molar-refractivity contribution in [2.45, 2.75) is 11.6 Å². The second-order valence-corrected chi connectivity index (χ2v) is 6.54. The fourth-order valence-electron chi connectivity index (χ4n) is 1.67. The maximum absolute atomic E-state index is 13.1. The van der Waals surface area contributed by atoms with Gasteiger partial charge < -0.3 is 5.32 Å². The average Bonchev–Trinajstić information content (AvgIpc) is 2.83. The Kier molecular flexibility index (Phi) is 4.72. The number of aromatic amines is 1. The van der Waals surface area contributed by atoms with Crippen molar-refractivity contribution >= 4 is 38.9 Å². The Morgan fingerprint density at radius 1 is 1.33 bits per heavy atom. The molecule has 0 bridgehead atoms. The summed E-state index contributed by atoms with van der Waals surface area (Å²) >= 11 is 11.6. The molecule has 0 spiro atoms. The van der Waals surface area contributed by atoms with Crippen LogP contribution in [-0.4, -0.2) is 25.7 Å². The van der Waals surface area contributed by atoms with Crippen LogP contribution < -0.4 is 10.0 Å². The molecule has 0 aliphatic heterocycles. The van der Waals surface area contributed by atoms with Crippen molar-refractivity contribution in [1.29, 1.82) is 0 Å². The van der Waals surface area contributed by atoms with Gasteiger partial charge in [-0.05, 0) is 19.2 Å². The highest BCUT2D eigenvalue weighted by atomic mass is 35.5. The first-order valence-corrected chi connectivity index (χ1v) is 7.93. The maximum Gasteiger partial charge on any atom is 0.279 e. The molecule has 0 radical (unpaired) electrons. The van der Waals surface area contributed by atoms with E-state index in [1.807, 2.05) is 0 Å². The first kappa shape index (κ1) is 16.0. The van der Waals surface area contributed by atoms with Gasteiger partial charge in [0.25, 0.3) is 10.0 Å². The number of sulfonamides is 1. The zero-order valence-electron chi connectivity index (χ0n) is 10.7. The number of hydrogen-bond acceptors (Lipinski definition) is 4. The van der Waals surface area contributed by atoms with Gasteiger partial charge in [0.15, 0.2) is 5.03 Å². The second-order valence-electron chi connectivity index (χ2n) is 4.10. The summed E-state index contributed by atoms with van der Waals surface area (Å²) in [5.41, 5.74) is 0.351. The summed E-state index contributed by atoms with van der Waals surface area (Å²) in [5, 5.41) is 8.52. The number of halogens is 3. The lowest BCUT2D eigenvalue weighted by Gasteiger charge is -2.11. The van der Waals surface area contributed by atoms with E-state index in [2.05, 4.69) is 20.2 Å². The van der Waals surface area contributed by atoms with Crippen LogP contribution in [0.5, 0.6) is 0 Å². The van der Waals surface area contributed by atoms with Crippen molar-refractivity contribution in [3.8, 4) is 0 Å². The Morgan fingerprint density at radius 2 is 1.95 bits per heavy atom. The molecule has 3 N–H and O–H groups in total. The van der Waals surface area contributed by atoms with Crippen molar-refractivity contribution in [3.63, 3.8) is 0 Å². The van der Waals surface area contributed by atoms with E-state index in [1.54, 1.807) is 7.05 Å². The third-order valence-corrected chi connectivity index (χ3v) is 4.52. The van der Waals surface area contributed by atoms with Crippen LogP contribution in [0.1, 0.15) is 5.56 Å². The van der Waals surface area contributed by atoms with Crippen molar-refractivity contribution in [3.05, 3.63) is 39.8 Å². The van der Waals surface area contributed by atoms with Gasteiger partial charge in [-0.25, -0.2) is 4.39 Å². The van der Waals surface area contributed by atoms with E-state index >= 15 is 0 Å². The lowest BCUT2D eigenvalue weighted by Crippen LogP contribution is -2.17. The van der Waals surface area contributed by atoms with Crippen LogP contribution in [0.25, 0.3) is 0 Å². The molecule has 0 aliphatic rings. The fraction of sp³-hybridized carbons (Fsp3) is 0.182. The molecule has 0 aliphatic carbocycles. The van der Waals surface area contributed by atoms with E-state index in [1.165, 1.54) is 6.20 Å². The number of nitrogens with one attached hydrogen (secondary N) is 3. The Morgan fingerprint density at radius 3 is 2.52 bits per heavy atom. The molecule has 6 nitrogen and oxygen atoms in total. The van der Waals surface area contributed by atoms with E-state index in [-0.39, 0.29) is 20.8 Å². The zero-order chi connectivity index (χ0) is 15.6. The van der Waals surface area contributed by atoms with Gasteiger partial charge in [-0.1, -0.05) is 23.2 Å². The van der Waals surface area contributed by atoms with Crippen LogP contribution >= 0.6 is 23.2 Å². The fourth-order valence-corrected chi connectivity index (χ4v) is 3.57. The van der Waals surface area contributed by atoms with Gasteiger partial charge in [-0.2, -0.15) is 13.5 Å². The summed E-state index contributed by atoms with van der Waals surface area (Å²) in [6.45, 7) is 0.303. The molecule has 0 unspecified atom stereocenters. The smallest absolute Gasteiger partial charge is 0.279 e. The molecular formula is C11H11Cl2FN4O2S. The molecule has 2 aromatic rings. The normalized spacial score (nSPS) is 11.6. The van der Waals surface area contributed by atoms with E-state index in [4.69, 9.17) is 23.2 Å². The molecule has 21 heavy (non-hydrogen) atoms. The number of H-pyrrole nitrogens is 1. The Labute approximate surface area is 130 Å². The van der Waals surface area contributed by atoms with Crippen LogP contribution in [0.4, 0.5) is 10.1 Å². The van der Waals surface area contributed by atoms with Gasteiger partial charge in [-0.15, -0.1) is 0 Å². The molecule has 0 atom stereocenters. The van der Waals surface area contributed by atoms with Gasteiger partial charge in [0.05, 0.1) is 21.9 Å². The molecule has 1 aromatic carbocycles. The van der Waals surface area contributed by atoms with Gasteiger partial charge in [0.1, 0.15) is 5.82 Å². The maximum atomic E-state index is 13.1. The Hall–Kier alpha value is -1.35. The van der Waals surface area contributed by atoms with Crippen LogP contribution in [0.3, 0.4) is 0 Å². The minimum Gasteiger partial charge on any atom is -0.316 e. The molecule has 0 saturated heterocycles. The molecule has 10 heteroatoms. The molecule has 114 valence electrons. The summed E-state index contributed by atoms with van der Waals surface area (Å²) in [7, 11) is -2.31. The summed E-state index contributed by atoms with van der Waals surface area (Å²) < 4.78 is 40.0. The number of nitrogens with zero attached hydrogens (tertiary/aromatic N) is 1. The first-order valence-electron chi connectivity index (χ1n) is 5.69. The molecule has 0 saturated carbocycles. The number of aromatic nitrogens is 2. The quantitative estimate of drug-likeness (QED) is 0.770. The van der Waals surface area contributed by atoms with Gasteiger partial charge in [0, 0.05) is 12.1 Å². The molecule has 1 aromatic heterocycles. The van der Waals surface area contributed by atoms with Gasteiger partial charge in [-0.3, -0.25) is 9.82 Å². The molecule has 0 amide bonds. The van der Waals surface area contributed by atoms with Crippen molar-refractivity contribution in [2.24, 2.45) is 0 Å². The van der Waals surface area contributed by atoms with E-state index in [0.29, 0.717) is 12.1 Å². The van der Waals surface area contributed by atoms with E-state index in [9.17, 15) is 12.8 Å². The lowest BCUT2D eigenvalue weighted by molar-refractivity contribution is 0.594.